The number of aromatic nitrogens is 2. The Hall–Kier alpha value is -1.88. The summed E-state index contributed by atoms with van der Waals surface area (Å²) in [5.74, 6) is 1.80. The van der Waals surface area contributed by atoms with E-state index < -0.39 is 0 Å². The zero-order valence-corrected chi connectivity index (χ0v) is 11.3. The first-order valence-corrected chi connectivity index (χ1v) is 7.08. The summed E-state index contributed by atoms with van der Waals surface area (Å²) in [6.45, 7) is 0. The molecule has 5 heteroatoms. The van der Waals surface area contributed by atoms with Gasteiger partial charge in [-0.05, 0) is 30.5 Å². The fourth-order valence-corrected chi connectivity index (χ4v) is 2.75. The highest BCUT2D eigenvalue weighted by molar-refractivity contribution is 5.27. The van der Waals surface area contributed by atoms with Gasteiger partial charge >= 0.3 is 0 Å². The number of nitrogens with zero attached hydrogens (tertiary/aromatic N) is 2. The molecule has 3 rings (SSSR count). The molecule has 1 saturated carbocycles. The van der Waals surface area contributed by atoms with Crippen LogP contribution in [0.4, 0.5) is 0 Å². The summed E-state index contributed by atoms with van der Waals surface area (Å²) in [7, 11) is 0. The molecule has 106 valence electrons. The minimum absolute atomic E-state index is 0.130. The van der Waals surface area contributed by atoms with Crippen LogP contribution < -0.4 is 5.73 Å². The van der Waals surface area contributed by atoms with Gasteiger partial charge in [0.05, 0.1) is 5.92 Å². The van der Waals surface area contributed by atoms with E-state index in [9.17, 15) is 5.11 Å². The van der Waals surface area contributed by atoms with Crippen LogP contribution in [0.25, 0.3) is 0 Å². The molecule has 20 heavy (non-hydrogen) atoms. The molecule has 1 aliphatic carbocycles. The molecule has 0 bridgehead atoms. The average molecular weight is 273 g/mol. The first-order valence-electron chi connectivity index (χ1n) is 7.08. The molecule has 2 atom stereocenters. The first-order chi connectivity index (χ1) is 9.72. The molecule has 1 aliphatic rings. The van der Waals surface area contributed by atoms with Crippen molar-refractivity contribution in [1.82, 2.24) is 10.1 Å². The van der Waals surface area contributed by atoms with Crippen molar-refractivity contribution in [2.75, 3.05) is 0 Å². The van der Waals surface area contributed by atoms with E-state index in [1.165, 1.54) is 12.8 Å². The fraction of sp³-hybridized carbons (Fsp3) is 0.467. The summed E-state index contributed by atoms with van der Waals surface area (Å²) in [6, 6.07) is 7.17. The van der Waals surface area contributed by atoms with Crippen LogP contribution >= 0.6 is 0 Å². The van der Waals surface area contributed by atoms with E-state index in [2.05, 4.69) is 10.1 Å². The minimum atomic E-state index is 0.130. The van der Waals surface area contributed by atoms with Gasteiger partial charge in [-0.2, -0.15) is 4.98 Å². The van der Waals surface area contributed by atoms with Gasteiger partial charge in [0.25, 0.3) is 0 Å². The maximum atomic E-state index is 9.26. The molecule has 1 aromatic carbocycles. The zero-order chi connectivity index (χ0) is 13.9. The third kappa shape index (κ3) is 2.82. The van der Waals surface area contributed by atoms with Crippen molar-refractivity contribution >= 4 is 0 Å². The van der Waals surface area contributed by atoms with Gasteiger partial charge in [0.1, 0.15) is 5.75 Å². The molecule has 3 N–H and O–H groups in total. The first kappa shape index (κ1) is 13.1. The summed E-state index contributed by atoms with van der Waals surface area (Å²) in [6.07, 6.45) is 5.02. The monoisotopic (exact) mass is 273 g/mol. The van der Waals surface area contributed by atoms with Gasteiger partial charge in [-0.15, -0.1) is 0 Å². The van der Waals surface area contributed by atoms with E-state index in [-0.39, 0.29) is 17.7 Å². The summed E-state index contributed by atoms with van der Waals surface area (Å²) in [4.78, 5) is 4.48. The Morgan fingerprint density at radius 1 is 1.20 bits per heavy atom. The van der Waals surface area contributed by atoms with Gasteiger partial charge in [-0.3, -0.25) is 0 Å². The molecule has 0 aliphatic heterocycles. The predicted octanol–water partition coefficient (Wildman–Crippen LogP) is 2.35. The van der Waals surface area contributed by atoms with Gasteiger partial charge in [0, 0.05) is 12.5 Å². The number of hydrogen-bond donors (Lipinski definition) is 2. The molecule has 0 radical (unpaired) electrons. The molecule has 0 spiro atoms. The second-order valence-electron chi connectivity index (χ2n) is 5.45. The Morgan fingerprint density at radius 3 is 2.70 bits per heavy atom. The summed E-state index contributed by atoms with van der Waals surface area (Å²) >= 11 is 0. The van der Waals surface area contributed by atoms with E-state index in [0.29, 0.717) is 18.1 Å². The number of hydrogen-bond acceptors (Lipinski definition) is 5. The van der Waals surface area contributed by atoms with E-state index in [0.717, 1.165) is 18.4 Å². The number of nitrogens with two attached hydrogens (primary N) is 1. The Kier molecular flexibility index (Phi) is 3.69. The second kappa shape index (κ2) is 5.63. The Labute approximate surface area is 117 Å². The van der Waals surface area contributed by atoms with Crippen molar-refractivity contribution in [3.63, 3.8) is 0 Å². The van der Waals surface area contributed by atoms with Crippen molar-refractivity contribution in [3.05, 3.63) is 41.5 Å². The van der Waals surface area contributed by atoms with Crippen LogP contribution in [0, 0.1) is 0 Å². The van der Waals surface area contributed by atoms with E-state index >= 15 is 0 Å². The predicted molar refractivity (Wildman–Crippen MR) is 74.4 cm³/mol. The van der Waals surface area contributed by atoms with Crippen molar-refractivity contribution in [2.45, 2.75) is 44.1 Å². The molecule has 2 aromatic rings. The lowest BCUT2D eigenvalue weighted by Crippen LogP contribution is -2.31. The van der Waals surface area contributed by atoms with Crippen LogP contribution in [-0.4, -0.2) is 21.3 Å². The highest BCUT2D eigenvalue weighted by Crippen LogP contribution is 2.31. The SMILES string of the molecule is NC1CCCCC1c1nc(Cc2ccc(O)cc2)no1. The zero-order valence-electron chi connectivity index (χ0n) is 11.3. The number of rotatable bonds is 3. The lowest BCUT2D eigenvalue weighted by molar-refractivity contribution is 0.289. The van der Waals surface area contributed by atoms with E-state index in [4.69, 9.17) is 10.3 Å². The van der Waals surface area contributed by atoms with E-state index in [1.807, 2.05) is 12.1 Å². The van der Waals surface area contributed by atoms with Crippen molar-refractivity contribution in [2.24, 2.45) is 5.73 Å². The molecule has 5 nitrogen and oxygen atoms in total. The van der Waals surface area contributed by atoms with Gasteiger partial charge in [-0.1, -0.05) is 30.1 Å². The summed E-state index contributed by atoms with van der Waals surface area (Å²) in [5.41, 5.74) is 7.18. The number of benzene rings is 1. The van der Waals surface area contributed by atoms with Gasteiger partial charge in [0.15, 0.2) is 5.82 Å². The summed E-state index contributed by atoms with van der Waals surface area (Å²) in [5, 5.41) is 13.3. The van der Waals surface area contributed by atoms with Crippen molar-refractivity contribution in [1.29, 1.82) is 0 Å². The maximum absolute atomic E-state index is 9.26. The molecule has 2 unspecified atom stereocenters. The third-order valence-electron chi connectivity index (χ3n) is 3.92. The maximum Gasteiger partial charge on any atom is 0.231 e. The Bertz CT molecular complexity index is 565. The van der Waals surface area contributed by atoms with Gasteiger partial charge in [0.2, 0.25) is 5.89 Å². The smallest absolute Gasteiger partial charge is 0.231 e. The van der Waals surface area contributed by atoms with Crippen LogP contribution in [0.3, 0.4) is 0 Å². The molecule has 1 heterocycles. The van der Waals surface area contributed by atoms with Gasteiger partial charge < -0.3 is 15.4 Å². The molecule has 0 saturated heterocycles. The van der Waals surface area contributed by atoms with Crippen molar-refractivity contribution in [3.8, 4) is 5.75 Å². The van der Waals surface area contributed by atoms with Gasteiger partial charge in [-0.25, -0.2) is 0 Å². The normalized spacial score (nSPS) is 22.9. The average Bonchev–Trinajstić information content (AvgIpc) is 2.90. The Morgan fingerprint density at radius 2 is 1.95 bits per heavy atom. The molecule has 1 fully saturated rings. The number of aromatic hydroxyl groups is 1. The lowest BCUT2D eigenvalue weighted by Gasteiger charge is -2.25. The largest absolute Gasteiger partial charge is 0.508 e. The van der Waals surface area contributed by atoms with Crippen LogP contribution in [0.5, 0.6) is 5.75 Å². The molecule has 0 amide bonds. The summed E-state index contributed by atoms with van der Waals surface area (Å²) < 4.78 is 5.38. The highest BCUT2D eigenvalue weighted by Gasteiger charge is 2.28. The molecular formula is C15H19N3O2. The topological polar surface area (TPSA) is 85.2 Å². The third-order valence-corrected chi connectivity index (χ3v) is 3.92. The number of phenols is 1. The van der Waals surface area contributed by atoms with Crippen LogP contribution in [0.1, 0.15) is 48.9 Å². The van der Waals surface area contributed by atoms with E-state index in [1.54, 1.807) is 12.1 Å². The minimum Gasteiger partial charge on any atom is -0.508 e. The quantitative estimate of drug-likeness (QED) is 0.896. The van der Waals surface area contributed by atoms with Crippen molar-refractivity contribution < 1.29 is 9.63 Å². The fourth-order valence-electron chi connectivity index (χ4n) is 2.75. The standard InChI is InChI=1S/C15H19N3O2/c16-13-4-2-1-3-12(13)15-17-14(18-20-15)9-10-5-7-11(19)8-6-10/h5-8,12-13,19H,1-4,9,16H2. The second-order valence-corrected chi connectivity index (χ2v) is 5.45. The van der Waals surface area contributed by atoms with Crippen LogP contribution in [0.15, 0.2) is 28.8 Å². The molecule has 1 aromatic heterocycles. The molecular weight excluding hydrogens is 254 g/mol. The number of phenolic OH excluding ortho intramolecular Hbond substituents is 1. The van der Waals surface area contributed by atoms with Crippen LogP contribution in [0.2, 0.25) is 0 Å². The lowest BCUT2D eigenvalue weighted by atomic mass is 9.85. The van der Waals surface area contributed by atoms with Crippen LogP contribution in [-0.2, 0) is 6.42 Å². The Balaban J connectivity index is 1.71. The highest BCUT2D eigenvalue weighted by atomic mass is 16.5.